The Balaban J connectivity index is 0. The van der Waals surface area contributed by atoms with Gasteiger partial charge in [-0.05, 0) is 25.7 Å². The number of amides is 1. The van der Waals surface area contributed by atoms with Gasteiger partial charge in [0.15, 0.2) is 0 Å². The van der Waals surface area contributed by atoms with Crippen LogP contribution < -0.4 is 5.32 Å². The van der Waals surface area contributed by atoms with Gasteiger partial charge in [-0.2, -0.15) is 0 Å². The Labute approximate surface area is 266 Å². The SMILES string of the molecule is CCCCCCCCC#CC(C)CCCCCCCC.CCCCCCCCCCCC(=O)N[C@@H](CCC(=O)O)C(=O)O. The molecule has 0 aliphatic carbocycles. The molecule has 0 saturated heterocycles. The fraction of sp³-hybridized carbons (Fsp3) is 0.865. The van der Waals surface area contributed by atoms with Crippen LogP contribution in [0.4, 0.5) is 0 Å². The first-order valence-corrected chi connectivity index (χ1v) is 18.0. The maximum Gasteiger partial charge on any atom is 0.326 e. The van der Waals surface area contributed by atoms with Crippen molar-refractivity contribution in [3.05, 3.63) is 0 Å². The van der Waals surface area contributed by atoms with Gasteiger partial charge in [0.1, 0.15) is 6.04 Å². The monoisotopic (exact) mass is 608 g/mol. The van der Waals surface area contributed by atoms with Gasteiger partial charge in [0.05, 0.1) is 0 Å². The van der Waals surface area contributed by atoms with Gasteiger partial charge in [-0.15, -0.1) is 11.8 Å². The molecule has 0 rings (SSSR count). The Morgan fingerprint density at radius 1 is 0.581 bits per heavy atom. The number of carboxylic acids is 2. The quantitative estimate of drug-likeness (QED) is 0.0606. The van der Waals surface area contributed by atoms with Gasteiger partial charge in [-0.25, -0.2) is 4.79 Å². The van der Waals surface area contributed by atoms with Gasteiger partial charge in [0.25, 0.3) is 0 Å². The Bertz CT molecular complexity index is 712. The molecular weight excluding hydrogens is 538 g/mol. The molecule has 43 heavy (non-hydrogen) atoms. The van der Waals surface area contributed by atoms with Crippen LogP contribution in [0.1, 0.15) is 195 Å². The number of hydrogen-bond acceptors (Lipinski definition) is 3. The van der Waals surface area contributed by atoms with E-state index in [4.69, 9.17) is 10.2 Å². The van der Waals surface area contributed by atoms with Crippen molar-refractivity contribution in [2.75, 3.05) is 0 Å². The van der Waals surface area contributed by atoms with E-state index in [0.717, 1.165) is 25.7 Å². The van der Waals surface area contributed by atoms with Crippen LogP contribution in [0.5, 0.6) is 0 Å². The van der Waals surface area contributed by atoms with Crippen molar-refractivity contribution in [1.29, 1.82) is 0 Å². The van der Waals surface area contributed by atoms with E-state index in [9.17, 15) is 14.4 Å². The van der Waals surface area contributed by atoms with E-state index in [2.05, 4.69) is 44.9 Å². The molecule has 3 N–H and O–H groups in total. The zero-order valence-electron chi connectivity index (χ0n) is 28.7. The summed E-state index contributed by atoms with van der Waals surface area (Å²) in [7, 11) is 0. The summed E-state index contributed by atoms with van der Waals surface area (Å²) in [5, 5.41) is 19.9. The molecule has 6 nitrogen and oxygen atoms in total. The highest BCUT2D eigenvalue weighted by Crippen LogP contribution is 2.13. The summed E-state index contributed by atoms with van der Waals surface area (Å²) in [6.07, 6.45) is 29.3. The van der Waals surface area contributed by atoms with E-state index in [1.165, 1.54) is 122 Å². The molecular formula is C37H69NO5. The first-order chi connectivity index (χ1) is 20.8. The molecule has 0 heterocycles. The Morgan fingerprint density at radius 2 is 1.02 bits per heavy atom. The van der Waals surface area contributed by atoms with Crippen LogP contribution in [0, 0.1) is 17.8 Å². The van der Waals surface area contributed by atoms with Crippen LogP contribution >= 0.6 is 0 Å². The molecule has 0 aliphatic rings. The van der Waals surface area contributed by atoms with Crippen LogP contribution in [-0.4, -0.2) is 34.1 Å². The first kappa shape index (κ1) is 43.1. The summed E-state index contributed by atoms with van der Waals surface area (Å²) < 4.78 is 0. The van der Waals surface area contributed by atoms with Crippen molar-refractivity contribution < 1.29 is 24.6 Å². The van der Waals surface area contributed by atoms with Crippen LogP contribution in [0.3, 0.4) is 0 Å². The van der Waals surface area contributed by atoms with Crippen LogP contribution in [0.2, 0.25) is 0 Å². The molecule has 0 bridgehead atoms. The van der Waals surface area contributed by atoms with Gasteiger partial charge in [-0.1, -0.05) is 150 Å². The molecule has 252 valence electrons. The average molecular weight is 608 g/mol. The Kier molecular flexibility index (Phi) is 34.5. The highest BCUT2D eigenvalue weighted by atomic mass is 16.4. The maximum absolute atomic E-state index is 11.7. The second-order valence-corrected chi connectivity index (χ2v) is 12.3. The minimum Gasteiger partial charge on any atom is -0.481 e. The number of nitrogens with one attached hydrogen (secondary N) is 1. The summed E-state index contributed by atoms with van der Waals surface area (Å²) in [5.74, 6) is 4.87. The smallest absolute Gasteiger partial charge is 0.326 e. The number of carboxylic acid groups (broad SMARTS) is 2. The third-order valence-electron chi connectivity index (χ3n) is 7.78. The highest BCUT2D eigenvalue weighted by molar-refractivity contribution is 5.83. The fourth-order valence-electron chi connectivity index (χ4n) is 4.93. The molecule has 0 spiro atoms. The summed E-state index contributed by atoms with van der Waals surface area (Å²) >= 11 is 0. The largest absolute Gasteiger partial charge is 0.481 e. The molecule has 2 atom stereocenters. The normalized spacial score (nSPS) is 11.9. The lowest BCUT2D eigenvalue weighted by molar-refractivity contribution is -0.143. The van der Waals surface area contributed by atoms with E-state index < -0.39 is 18.0 Å². The number of rotatable bonds is 28. The van der Waals surface area contributed by atoms with Gasteiger partial charge in [-0.3, -0.25) is 9.59 Å². The van der Waals surface area contributed by atoms with Gasteiger partial charge >= 0.3 is 11.9 Å². The van der Waals surface area contributed by atoms with E-state index in [-0.39, 0.29) is 18.7 Å². The van der Waals surface area contributed by atoms with Crippen molar-refractivity contribution in [1.82, 2.24) is 5.32 Å². The summed E-state index contributed by atoms with van der Waals surface area (Å²) in [4.78, 5) is 33.1. The predicted octanol–water partition coefficient (Wildman–Crippen LogP) is 10.5. The second-order valence-electron chi connectivity index (χ2n) is 12.3. The third-order valence-corrected chi connectivity index (χ3v) is 7.78. The van der Waals surface area contributed by atoms with Crippen LogP contribution in [-0.2, 0) is 14.4 Å². The lowest BCUT2D eigenvalue weighted by atomic mass is 10.0. The van der Waals surface area contributed by atoms with Crippen molar-refractivity contribution in [3.63, 3.8) is 0 Å². The summed E-state index contributed by atoms with van der Waals surface area (Å²) in [6.45, 7) is 9.04. The average Bonchev–Trinajstić information content (AvgIpc) is 2.97. The number of carbonyl (C=O) groups excluding carboxylic acids is 1. The predicted molar refractivity (Wildman–Crippen MR) is 181 cm³/mol. The zero-order chi connectivity index (χ0) is 32.4. The van der Waals surface area contributed by atoms with Crippen molar-refractivity contribution in [2.24, 2.45) is 5.92 Å². The van der Waals surface area contributed by atoms with Gasteiger partial charge < -0.3 is 15.5 Å². The van der Waals surface area contributed by atoms with E-state index in [0.29, 0.717) is 12.3 Å². The summed E-state index contributed by atoms with van der Waals surface area (Å²) in [6, 6.07) is -1.11. The molecule has 0 aliphatic heterocycles. The number of unbranched alkanes of at least 4 members (excludes halogenated alkanes) is 19. The van der Waals surface area contributed by atoms with E-state index >= 15 is 0 Å². The molecule has 0 radical (unpaired) electrons. The van der Waals surface area contributed by atoms with E-state index in [1.807, 2.05) is 0 Å². The van der Waals surface area contributed by atoms with Gasteiger partial charge in [0.2, 0.25) is 5.91 Å². The topological polar surface area (TPSA) is 104 Å². The second kappa shape index (κ2) is 34.5. The molecule has 0 saturated carbocycles. The molecule has 1 unspecified atom stereocenters. The van der Waals surface area contributed by atoms with Crippen molar-refractivity contribution >= 4 is 17.8 Å². The zero-order valence-corrected chi connectivity index (χ0v) is 28.7. The number of carbonyl (C=O) groups is 3. The molecule has 0 fully saturated rings. The standard InChI is InChI=1S/C20H38.C17H31NO5/c1-4-6-8-10-12-13-15-17-19-20(3)18-16-14-11-9-7-5-2;1-2-3-4-5-6-7-8-9-10-11-15(19)18-14(17(22)23)12-13-16(20)21/h20H,4-16,18H2,1-3H3;14H,2-13H2,1H3,(H,18,19)(H,20,21)(H,22,23)/t;14-/m.0/s1. The third kappa shape index (κ3) is 36.1. The maximum atomic E-state index is 11.7. The van der Waals surface area contributed by atoms with E-state index in [1.54, 1.807) is 0 Å². The first-order valence-electron chi connectivity index (χ1n) is 18.0. The lowest BCUT2D eigenvalue weighted by Gasteiger charge is -2.13. The minimum absolute atomic E-state index is 0.0891. The minimum atomic E-state index is -1.19. The molecule has 1 amide bonds. The van der Waals surface area contributed by atoms with Crippen LogP contribution in [0.15, 0.2) is 0 Å². The van der Waals surface area contributed by atoms with Crippen molar-refractivity contribution in [3.8, 4) is 11.8 Å². The van der Waals surface area contributed by atoms with Gasteiger partial charge in [0, 0.05) is 25.2 Å². The Hall–Kier alpha value is -2.03. The number of hydrogen-bond donors (Lipinski definition) is 3. The summed E-state index contributed by atoms with van der Waals surface area (Å²) in [5.41, 5.74) is 0. The lowest BCUT2D eigenvalue weighted by Crippen LogP contribution is -2.41. The highest BCUT2D eigenvalue weighted by Gasteiger charge is 2.20. The molecule has 0 aromatic rings. The Morgan fingerprint density at radius 3 is 1.49 bits per heavy atom. The number of aliphatic carboxylic acids is 2. The fourth-order valence-corrected chi connectivity index (χ4v) is 4.93. The molecule has 6 heteroatoms. The van der Waals surface area contributed by atoms with Crippen LogP contribution in [0.25, 0.3) is 0 Å². The molecule has 0 aromatic carbocycles. The molecule has 0 aromatic heterocycles. The van der Waals surface area contributed by atoms with Crippen molar-refractivity contribution in [2.45, 2.75) is 201 Å².